The summed E-state index contributed by atoms with van der Waals surface area (Å²) < 4.78 is 5.79. The summed E-state index contributed by atoms with van der Waals surface area (Å²) in [6.07, 6.45) is 1.44. The van der Waals surface area contributed by atoms with Gasteiger partial charge in [0.25, 0.3) is 6.47 Å². The van der Waals surface area contributed by atoms with E-state index in [1.807, 2.05) is 48.5 Å². The van der Waals surface area contributed by atoms with E-state index in [0.717, 1.165) is 26.8 Å². The molecule has 2 heterocycles. The fourth-order valence-corrected chi connectivity index (χ4v) is 4.90. The third-order valence-electron chi connectivity index (χ3n) is 5.16. The molecule has 0 aliphatic heterocycles. The second-order valence-corrected chi connectivity index (χ2v) is 8.13. The second kappa shape index (κ2) is 8.13. The number of aromatic hydroxyl groups is 1. The SMILES string of the molecule is O=COc1cn[nH]c1-c1ccc(-c2c(C(=O)c3ccccc3)sc3cc(O)ccc23)cc1. The number of phenolic OH excluding ortho intramolecular Hbond substituents is 1. The van der Waals surface area contributed by atoms with Gasteiger partial charge in [-0.2, -0.15) is 5.10 Å². The first kappa shape index (κ1) is 19.7. The van der Waals surface area contributed by atoms with Gasteiger partial charge in [-0.3, -0.25) is 14.7 Å². The van der Waals surface area contributed by atoms with Crippen LogP contribution in [0.2, 0.25) is 0 Å². The molecule has 7 heteroatoms. The third-order valence-corrected chi connectivity index (χ3v) is 6.31. The van der Waals surface area contributed by atoms with Crippen molar-refractivity contribution in [1.29, 1.82) is 0 Å². The average Bonchev–Trinajstić information content (AvgIpc) is 3.44. The number of hydrogen-bond donors (Lipinski definition) is 2. The molecule has 5 aromatic rings. The number of aromatic amines is 1. The van der Waals surface area contributed by atoms with Crippen LogP contribution < -0.4 is 4.74 Å². The molecule has 2 N–H and O–H groups in total. The van der Waals surface area contributed by atoms with Crippen LogP contribution in [-0.2, 0) is 4.79 Å². The summed E-state index contributed by atoms with van der Waals surface area (Å²) in [5.41, 5.74) is 3.66. The minimum Gasteiger partial charge on any atom is -0.508 e. The molecule has 0 saturated carbocycles. The number of thiophene rings is 1. The summed E-state index contributed by atoms with van der Waals surface area (Å²) in [7, 11) is 0. The van der Waals surface area contributed by atoms with E-state index in [0.29, 0.717) is 28.4 Å². The van der Waals surface area contributed by atoms with Crippen molar-refractivity contribution in [3.63, 3.8) is 0 Å². The molecule has 0 spiro atoms. The smallest absolute Gasteiger partial charge is 0.298 e. The van der Waals surface area contributed by atoms with Crippen molar-refractivity contribution in [1.82, 2.24) is 10.2 Å². The van der Waals surface area contributed by atoms with Crippen LogP contribution in [0.5, 0.6) is 11.5 Å². The molecule has 0 atom stereocenters. The van der Waals surface area contributed by atoms with Crippen molar-refractivity contribution in [3.8, 4) is 33.9 Å². The van der Waals surface area contributed by atoms with Crippen molar-refractivity contribution in [2.75, 3.05) is 0 Å². The van der Waals surface area contributed by atoms with Crippen LogP contribution in [0.3, 0.4) is 0 Å². The summed E-state index contributed by atoms with van der Waals surface area (Å²) in [4.78, 5) is 24.7. The Labute approximate surface area is 186 Å². The van der Waals surface area contributed by atoms with Crippen LogP contribution in [0.1, 0.15) is 15.2 Å². The van der Waals surface area contributed by atoms with Gasteiger partial charge in [-0.15, -0.1) is 11.3 Å². The molecule has 0 amide bonds. The summed E-state index contributed by atoms with van der Waals surface area (Å²) in [6.45, 7) is 0.358. The lowest BCUT2D eigenvalue weighted by Crippen LogP contribution is -2.00. The highest BCUT2D eigenvalue weighted by Gasteiger charge is 2.21. The first-order chi connectivity index (χ1) is 15.7. The van der Waals surface area contributed by atoms with Crippen molar-refractivity contribution in [2.24, 2.45) is 0 Å². The average molecular weight is 440 g/mol. The minimum absolute atomic E-state index is 0.0689. The lowest BCUT2D eigenvalue weighted by molar-refractivity contribution is -0.120. The predicted molar refractivity (Wildman–Crippen MR) is 123 cm³/mol. The Bertz CT molecular complexity index is 1440. The number of H-pyrrole nitrogens is 1. The van der Waals surface area contributed by atoms with E-state index in [4.69, 9.17) is 4.74 Å². The van der Waals surface area contributed by atoms with Gasteiger partial charge >= 0.3 is 0 Å². The highest BCUT2D eigenvalue weighted by Crippen LogP contribution is 2.42. The highest BCUT2D eigenvalue weighted by atomic mass is 32.1. The molecular formula is C25H16N2O4S. The third kappa shape index (κ3) is 3.44. The lowest BCUT2D eigenvalue weighted by Gasteiger charge is -2.07. The van der Waals surface area contributed by atoms with Gasteiger partial charge in [0.15, 0.2) is 5.75 Å². The normalized spacial score (nSPS) is 10.9. The lowest BCUT2D eigenvalue weighted by atomic mass is 9.97. The zero-order valence-corrected chi connectivity index (χ0v) is 17.4. The van der Waals surface area contributed by atoms with Crippen LogP contribution in [0.15, 0.2) is 79.0 Å². The number of nitrogens with zero attached hydrogens (tertiary/aromatic N) is 1. The zero-order chi connectivity index (χ0) is 22.1. The zero-order valence-electron chi connectivity index (χ0n) is 16.6. The van der Waals surface area contributed by atoms with Gasteiger partial charge in [0, 0.05) is 26.8 Å². The number of aromatic nitrogens is 2. The Balaban J connectivity index is 1.64. The van der Waals surface area contributed by atoms with Gasteiger partial charge in [-0.25, -0.2) is 0 Å². The number of benzene rings is 3. The summed E-state index contributed by atoms with van der Waals surface area (Å²) in [5, 5.41) is 17.6. The molecule has 0 aliphatic carbocycles. The van der Waals surface area contributed by atoms with Crippen molar-refractivity contribution in [2.45, 2.75) is 0 Å². The van der Waals surface area contributed by atoms with E-state index in [1.165, 1.54) is 17.5 Å². The molecule has 32 heavy (non-hydrogen) atoms. The molecule has 5 rings (SSSR count). The fraction of sp³-hybridized carbons (Fsp3) is 0. The molecule has 3 aromatic carbocycles. The number of hydrogen-bond acceptors (Lipinski definition) is 6. The molecule has 156 valence electrons. The van der Waals surface area contributed by atoms with Gasteiger partial charge in [-0.05, 0) is 23.8 Å². The Hall–Kier alpha value is -4.23. The summed E-state index contributed by atoms with van der Waals surface area (Å²) >= 11 is 1.36. The number of carbonyl (C=O) groups is 2. The second-order valence-electron chi connectivity index (χ2n) is 7.08. The minimum atomic E-state index is -0.0689. The maximum Gasteiger partial charge on any atom is 0.298 e. The Morgan fingerprint density at radius 1 is 1.00 bits per heavy atom. The maximum atomic E-state index is 13.4. The van der Waals surface area contributed by atoms with Crippen molar-refractivity contribution >= 4 is 33.7 Å². The van der Waals surface area contributed by atoms with Gasteiger partial charge in [0.1, 0.15) is 11.4 Å². The number of rotatable bonds is 6. The molecule has 0 radical (unpaired) electrons. The van der Waals surface area contributed by atoms with Crippen LogP contribution in [0.4, 0.5) is 0 Å². The van der Waals surface area contributed by atoms with Crippen molar-refractivity contribution < 1.29 is 19.4 Å². The van der Waals surface area contributed by atoms with Gasteiger partial charge in [0.05, 0.1) is 11.1 Å². The Morgan fingerprint density at radius 3 is 2.50 bits per heavy atom. The first-order valence-corrected chi connectivity index (χ1v) is 10.6. The number of fused-ring (bicyclic) bond motifs is 1. The number of nitrogens with one attached hydrogen (secondary N) is 1. The Kier molecular flexibility index (Phi) is 5.01. The van der Waals surface area contributed by atoms with Crippen LogP contribution in [0, 0.1) is 0 Å². The van der Waals surface area contributed by atoms with E-state index in [-0.39, 0.29) is 11.5 Å². The highest BCUT2D eigenvalue weighted by molar-refractivity contribution is 7.21. The fourth-order valence-electron chi connectivity index (χ4n) is 3.68. The standard InChI is InChI=1S/C25H16N2O4S/c28-14-31-20-13-26-27-23(20)16-8-6-15(7-9-16)22-19-11-10-18(29)12-21(19)32-25(22)24(30)17-4-2-1-3-5-17/h1-14,29H,(H,26,27). The van der Waals surface area contributed by atoms with Gasteiger partial charge in [0.2, 0.25) is 5.78 Å². The monoisotopic (exact) mass is 440 g/mol. The van der Waals surface area contributed by atoms with Crippen molar-refractivity contribution in [3.05, 3.63) is 89.4 Å². The maximum absolute atomic E-state index is 13.4. The number of ether oxygens (including phenoxy) is 1. The molecule has 6 nitrogen and oxygen atoms in total. The van der Waals surface area contributed by atoms with E-state index < -0.39 is 0 Å². The predicted octanol–water partition coefficient (Wildman–Crippen LogP) is 5.43. The van der Waals surface area contributed by atoms with E-state index >= 15 is 0 Å². The molecule has 0 unspecified atom stereocenters. The van der Waals surface area contributed by atoms with Crippen LogP contribution >= 0.6 is 11.3 Å². The van der Waals surface area contributed by atoms with Gasteiger partial charge < -0.3 is 9.84 Å². The van der Waals surface area contributed by atoms with Crippen LogP contribution in [0.25, 0.3) is 32.5 Å². The molecular weight excluding hydrogens is 424 g/mol. The quantitative estimate of drug-likeness (QED) is 0.271. The number of phenols is 1. The number of ketones is 1. The van der Waals surface area contributed by atoms with Gasteiger partial charge in [-0.1, -0.05) is 54.6 Å². The largest absolute Gasteiger partial charge is 0.508 e. The van der Waals surface area contributed by atoms with E-state index in [9.17, 15) is 14.7 Å². The molecule has 2 aromatic heterocycles. The number of carbonyl (C=O) groups excluding carboxylic acids is 2. The topological polar surface area (TPSA) is 92.3 Å². The summed E-state index contributed by atoms with van der Waals surface area (Å²) in [6, 6.07) is 21.8. The molecule has 0 saturated heterocycles. The van der Waals surface area contributed by atoms with E-state index in [2.05, 4.69) is 10.2 Å². The molecule has 0 fully saturated rings. The molecule has 0 bridgehead atoms. The van der Waals surface area contributed by atoms with Crippen LogP contribution in [-0.4, -0.2) is 27.6 Å². The Morgan fingerprint density at radius 2 is 1.75 bits per heavy atom. The summed E-state index contributed by atoms with van der Waals surface area (Å²) in [5.74, 6) is 0.422. The first-order valence-electron chi connectivity index (χ1n) is 9.75. The molecule has 0 aliphatic rings. The van der Waals surface area contributed by atoms with E-state index in [1.54, 1.807) is 24.3 Å².